The van der Waals surface area contributed by atoms with Crippen molar-refractivity contribution in [3.8, 4) is 0 Å². The molecule has 0 radical (unpaired) electrons. The van der Waals surface area contributed by atoms with E-state index in [0.29, 0.717) is 11.7 Å². The highest BCUT2D eigenvalue weighted by Crippen LogP contribution is 2.18. The van der Waals surface area contributed by atoms with E-state index in [-0.39, 0.29) is 0 Å². The van der Waals surface area contributed by atoms with Crippen molar-refractivity contribution in [2.24, 2.45) is 5.92 Å². The van der Waals surface area contributed by atoms with Gasteiger partial charge in [0.1, 0.15) is 12.1 Å². The second-order valence-corrected chi connectivity index (χ2v) is 4.01. The normalized spacial score (nSPS) is 11.4. The van der Waals surface area contributed by atoms with Crippen LogP contribution in [0.3, 0.4) is 0 Å². The summed E-state index contributed by atoms with van der Waals surface area (Å²) in [6, 6.07) is 0. The van der Waals surface area contributed by atoms with E-state index in [1.54, 1.807) is 6.20 Å². The molecule has 0 bridgehead atoms. The molecule has 5 heteroatoms. The van der Waals surface area contributed by atoms with Gasteiger partial charge in [-0.3, -0.25) is 0 Å². The third kappa shape index (κ3) is 1.85. The molecular formula is C11H17N5. The van der Waals surface area contributed by atoms with Crippen molar-refractivity contribution >= 4 is 16.9 Å². The first kappa shape index (κ1) is 10.9. The topological polar surface area (TPSA) is 69.6 Å². The zero-order chi connectivity index (χ0) is 11.5. The lowest BCUT2D eigenvalue weighted by Crippen LogP contribution is -2.11. The van der Waals surface area contributed by atoms with E-state index in [4.69, 9.17) is 5.73 Å². The number of nitrogens with zero attached hydrogens (tertiary/aromatic N) is 4. The summed E-state index contributed by atoms with van der Waals surface area (Å²) in [5.74, 6) is 1.14. The van der Waals surface area contributed by atoms with Gasteiger partial charge in [-0.15, -0.1) is 0 Å². The number of hydrogen-bond donors (Lipinski definition) is 1. The third-order valence-corrected chi connectivity index (χ3v) is 3.05. The molecule has 0 amide bonds. The molecule has 0 spiro atoms. The fraction of sp³-hybridized carbons (Fsp3) is 0.545. The van der Waals surface area contributed by atoms with Crippen LogP contribution in [0.25, 0.3) is 11.0 Å². The van der Waals surface area contributed by atoms with Gasteiger partial charge in [-0.05, 0) is 5.92 Å². The average Bonchev–Trinajstić information content (AvgIpc) is 2.71. The Labute approximate surface area is 94.7 Å². The van der Waals surface area contributed by atoms with Crippen molar-refractivity contribution < 1.29 is 0 Å². The lowest BCUT2D eigenvalue weighted by Gasteiger charge is -2.12. The molecule has 0 fully saturated rings. The van der Waals surface area contributed by atoms with Crippen LogP contribution in [0.15, 0.2) is 12.5 Å². The summed E-state index contributed by atoms with van der Waals surface area (Å²) in [6.45, 7) is 5.29. The van der Waals surface area contributed by atoms with Crippen molar-refractivity contribution in [3.63, 3.8) is 0 Å². The van der Waals surface area contributed by atoms with Crippen LogP contribution in [0.1, 0.15) is 26.7 Å². The molecule has 0 unspecified atom stereocenters. The average molecular weight is 219 g/mol. The number of hydrogen-bond acceptors (Lipinski definition) is 4. The zero-order valence-corrected chi connectivity index (χ0v) is 9.72. The molecule has 0 aliphatic heterocycles. The Kier molecular flexibility index (Phi) is 3.03. The smallest absolute Gasteiger partial charge is 0.163 e. The van der Waals surface area contributed by atoms with E-state index >= 15 is 0 Å². The number of aromatic nitrogens is 4. The molecule has 0 aliphatic carbocycles. The monoisotopic (exact) mass is 219 g/mol. The van der Waals surface area contributed by atoms with Crippen LogP contribution in [0.4, 0.5) is 5.82 Å². The third-order valence-electron chi connectivity index (χ3n) is 3.05. The Balaban J connectivity index is 2.35. The van der Waals surface area contributed by atoms with Gasteiger partial charge in [-0.1, -0.05) is 26.7 Å². The summed E-state index contributed by atoms with van der Waals surface area (Å²) in [6.07, 6.45) is 5.53. The van der Waals surface area contributed by atoms with Crippen molar-refractivity contribution in [3.05, 3.63) is 12.5 Å². The van der Waals surface area contributed by atoms with E-state index in [9.17, 15) is 0 Å². The highest BCUT2D eigenvalue weighted by Gasteiger charge is 2.10. The largest absolute Gasteiger partial charge is 0.383 e. The molecule has 0 aliphatic rings. The number of nitrogens with two attached hydrogens (primary N) is 1. The predicted molar refractivity (Wildman–Crippen MR) is 63.8 cm³/mol. The molecule has 2 rings (SSSR count). The minimum Gasteiger partial charge on any atom is -0.383 e. The van der Waals surface area contributed by atoms with E-state index in [2.05, 4.69) is 28.9 Å². The molecule has 2 heterocycles. The van der Waals surface area contributed by atoms with Gasteiger partial charge < -0.3 is 5.73 Å². The summed E-state index contributed by atoms with van der Waals surface area (Å²) in [4.78, 5) is 8.19. The fourth-order valence-electron chi connectivity index (χ4n) is 1.84. The van der Waals surface area contributed by atoms with Gasteiger partial charge in [0, 0.05) is 6.54 Å². The maximum Gasteiger partial charge on any atom is 0.163 e. The van der Waals surface area contributed by atoms with Crippen molar-refractivity contribution in [2.45, 2.75) is 33.2 Å². The highest BCUT2D eigenvalue weighted by molar-refractivity contribution is 5.84. The second-order valence-electron chi connectivity index (χ2n) is 4.01. The van der Waals surface area contributed by atoms with Gasteiger partial charge in [0.05, 0.1) is 11.6 Å². The van der Waals surface area contributed by atoms with E-state index in [1.165, 1.54) is 6.33 Å². The lowest BCUT2D eigenvalue weighted by molar-refractivity contribution is 0.402. The number of fused-ring (bicyclic) bond motifs is 1. The van der Waals surface area contributed by atoms with Crippen molar-refractivity contribution in [1.82, 2.24) is 19.7 Å². The Hall–Kier alpha value is -1.65. The molecule has 2 aromatic rings. The van der Waals surface area contributed by atoms with Crippen molar-refractivity contribution in [2.75, 3.05) is 5.73 Å². The fourth-order valence-corrected chi connectivity index (χ4v) is 1.84. The van der Waals surface area contributed by atoms with Crippen LogP contribution in [0.5, 0.6) is 0 Å². The second kappa shape index (κ2) is 4.47. The minimum absolute atomic E-state index is 0.501. The van der Waals surface area contributed by atoms with E-state index in [1.807, 2.05) is 4.68 Å². The SMILES string of the molecule is CCC(CC)Cn1ncc2c(N)ncnc21. The standard InChI is InChI=1S/C11H17N5/c1-3-8(4-2)6-16-11-9(5-15-16)10(12)13-7-14-11/h5,7-8H,3-4,6H2,1-2H3,(H2,12,13,14). The molecule has 2 N–H and O–H groups in total. The molecule has 2 aromatic heterocycles. The first-order valence-corrected chi connectivity index (χ1v) is 5.68. The predicted octanol–water partition coefficient (Wildman–Crippen LogP) is 1.84. The van der Waals surface area contributed by atoms with Gasteiger partial charge in [-0.2, -0.15) is 5.10 Å². The highest BCUT2D eigenvalue weighted by atomic mass is 15.3. The maximum atomic E-state index is 5.76. The maximum absolute atomic E-state index is 5.76. The van der Waals surface area contributed by atoms with Crippen LogP contribution >= 0.6 is 0 Å². The van der Waals surface area contributed by atoms with Crippen LogP contribution in [-0.4, -0.2) is 19.7 Å². The van der Waals surface area contributed by atoms with Crippen LogP contribution in [0.2, 0.25) is 0 Å². The summed E-state index contributed by atoms with van der Waals surface area (Å²) < 4.78 is 1.92. The lowest BCUT2D eigenvalue weighted by atomic mass is 10.0. The summed E-state index contributed by atoms with van der Waals surface area (Å²) in [7, 11) is 0. The van der Waals surface area contributed by atoms with Gasteiger partial charge in [0.2, 0.25) is 0 Å². The first-order valence-electron chi connectivity index (χ1n) is 5.68. The minimum atomic E-state index is 0.501. The molecule has 0 aromatic carbocycles. The Morgan fingerprint density at radius 2 is 2.06 bits per heavy atom. The molecule has 0 saturated carbocycles. The van der Waals surface area contributed by atoms with E-state index < -0.39 is 0 Å². The summed E-state index contributed by atoms with van der Waals surface area (Å²) >= 11 is 0. The van der Waals surface area contributed by atoms with Gasteiger partial charge in [-0.25, -0.2) is 14.6 Å². The van der Waals surface area contributed by atoms with Crippen LogP contribution in [-0.2, 0) is 6.54 Å². The Morgan fingerprint density at radius 3 is 2.75 bits per heavy atom. The summed E-state index contributed by atoms with van der Waals surface area (Å²) in [5, 5.41) is 5.17. The Morgan fingerprint density at radius 1 is 1.31 bits per heavy atom. The first-order chi connectivity index (χ1) is 7.76. The number of nitrogen functional groups attached to an aromatic ring is 1. The van der Waals surface area contributed by atoms with Crippen molar-refractivity contribution in [1.29, 1.82) is 0 Å². The number of anilines is 1. The zero-order valence-electron chi connectivity index (χ0n) is 9.72. The van der Waals surface area contributed by atoms with Crippen LogP contribution in [0, 0.1) is 5.92 Å². The Bertz CT molecular complexity index is 472. The van der Waals surface area contributed by atoms with Gasteiger partial charge >= 0.3 is 0 Å². The molecule has 86 valence electrons. The van der Waals surface area contributed by atoms with Crippen LogP contribution < -0.4 is 5.73 Å². The molecular weight excluding hydrogens is 202 g/mol. The quantitative estimate of drug-likeness (QED) is 0.851. The summed E-state index contributed by atoms with van der Waals surface area (Å²) in [5.41, 5.74) is 6.59. The number of rotatable bonds is 4. The molecule has 5 nitrogen and oxygen atoms in total. The van der Waals surface area contributed by atoms with E-state index in [0.717, 1.165) is 30.4 Å². The van der Waals surface area contributed by atoms with Gasteiger partial charge in [0.15, 0.2) is 5.65 Å². The van der Waals surface area contributed by atoms with Gasteiger partial charge in [0.25, 0.3) is 0 Å². The molecule has 0 saturated heterocycles. The molecule has 16 heavy (non-hydrogen) atoms. The molecule has 0 atom stereocenters.